The van der Waals surface area contributed by atoms with Crippen LogP contribution >= 0.6 is 11.8 Å². The van der Waals surface area contributed by atoms with Crippen LogP contribution in [-0.4, -0.2) is 21.1 Å². The minimum atomic E-state index is -0.555. The fraction of sp³-hybridized carbons (Fsp3) is 0.0909. The van der Waals surface area contributed by atoms with Crippen LogP contribution in [0.3, 0.4) is 0 Å². The van der Waals surface area contributed by atoms with Gasteiger partial charge in [0.05, 0.1) is 4.92 Å². The second-order valence-corrected chi connectivity index (χ2v) is 4.46. The molecule has 0 spiro atoms. The third-order valence-electron chi connectivity index (χ3n) is 2.32. The number of thioether (sulfide) groups is 1. The van der Waals surface area contributed by atoms with Gasteiger partial charge in [-0.15, -0.1) is 11.8 Å². The number of hydrogen-bond donors (Lipinski definition) is 2. The fourth-order valence-corrected chi connectivity index (χ4v) is 1.91. The second-order valence-electron chi connectivity index (χ2n) is 3.58. The highest BCUT2D eigenvalue weighted by molar-refractivity contribution is 7.98. The molecule has 0 saturated heterocycles. The molecule has 2 aromatic rings. The molecule has 1 aromatic carbocycles. The number of hydrogen-bond acceptors (Lipinski definition) is 7. The Balaban J connectivity index is 2.36. The summed E-state index contributed by atoms with van der Waals surface area (Å²) in [5.41, 5.74) is 5.93. The Morgan fingerprint density at radius 3 is 2.95 bits per heavy atom. The number of nitro groups is 1. The number of nitrogen functional groups attached to an aromatic ring is 1. The van der Waals surface area contributed by atoms with E-state index in [1.54, 1.807) is 17.8 Å². The molecule has 1 heterocycles. The van der Waals surface area contributed by atoms with Gasteiger partial charge in [0.2, 0.25) is 11.8 Å². The monoisotopic (exact) mass is 277 g/mol. The van der Waals surface area contributed by atoms with Gasteiger partial charge in [0.15, 0.2) is 0 Å². The second kappa shape index (κ2) is 5.53. The summed E-state index contributed by atoms with van der Waals surface area (Å²) in [5, 5.41) is 13.8. The van der Waals surface area contributed by atoms with Crippen LogP contribution in [0.5, 0.6) is 0 Å². The van der Waals surface area contributed by atoms with Crippen molar-refractivity contribution < 1.29 is 4.92 Å². The summed E-state index contributed by atoms with van der Waals surface area (Å²) in [6.07, 6.45) is 3.04. The maximum absolute atomic E-state index is 10.9. The molecule has 0 aliphatic rings. The predicted octanol–water partition coefficient (Wildman–Crippen LogP) is 2.43. The lowest BCUT2D eigenvalue weighted by Crippen LogP contribution is -2.04. The lowest BCUT2D eigenvalue weighted by molar-refractivity contribution is -0.384. The lowest BCUT2D eigenvalue weighted by Gasteiger charge is -2.07. The van der Waals surface area contributed by atoms with Crippen molar-refractivity contribution in [1.82, 2.24) is 9.97 Å². The molecule has 3 N–H and O–H groups in total. The van der Waals surface area contributed by atoms with Gasteiger partial charge in [-0.3, -0.25) is 10.1 Å². The molecule has 7 nitrogen and oxygen atoms in total. The largest absolute Gasteiger partial charge is 0.368 e. The molecule has 0 bridgehead atoms. The first-order chi connectivity index (χ1) is 9.10. The van der Waals surface area contributed by atoms with E-state index < -0.39 is 4.92 Å². The van der Waals surface area contributed by atoms with E-state index in [1.807, 2.05) is 24.5 Å². The SMILES string of the molecule is CSc1cccc(Nc2nc(N)ncc2[N+](=O)[O-])c1. The van der Waals surface area contributed by atoms with E-state index in [1.165, 1.54) is 0 Å². The van der Waals surface area contributed by atoms with Gasteiger partial charge in [0.1, 0.15) is 6.20 Å². The summed E-state index contributed by atoms with van der Waals surface area (Å²) in [6, 6.07) is 7.46. The van der Waals surface area contributed by atoms with Gasteiger partial charge >= 0.3 is 5.69 Å². The molecule has 98 valence electrons. The van der Waals surface area contributed by atoms with Gasteiger partial charge in [0, 0.05) is 10.6 Å². The number of aromatic nitrogens is 2. The minimum absolute atomic E-state index is 0.0193. The molecule has 19 heavy (non-hydrogen) atoms. The first-order valence-electron chi connectivity index (χ1n) is 5.28. The third-order valence-corrected chi connectivity index (χ3v) is 3.04. The average Bonchev–Trinajstić information content (AvgIpc) is 2.38. The molecule has 0 fully saturated rings. The highest BCUT2D eigenvalue weighted by atomic mass is 32.2. The zero-order chi connectivity index (χ0) is 13.8. The topological polar surface area (TPSA) is 107 Å². The molecule has 0 unspecified atom stereocenters. The summed E-state index contributed by atoms with van der Waals surface area (Å²) in [6.45, 7) is 0. The molecule has 2 rings (SSSR count). The van der Waals surface area contributed by atoms with E-state index in [0.29, 0.717) is 5.69 Å². The average molecular weight is 277 g/mol. The number of nitrogens with zero attached hydrogens (tertiary/aromatic N) is 3. The molecule has 0 atom stereocenters. The number of anilines is 3. The van der Waals surface area contributed by atoms with Gasteiger partial charge in [-0.05, 0) is 24.5 Å². The Bertz CT molecular complexity index is 620. The van der Waals surface area contributed by atoms with Gasteiger partial charge < -0.3 is 11.1 Å². The lowest BCUT2D eigenvalue weighted by atomic mass is 10.3. The highest BCUT2D eigenvalue weighted by Gasteiger charge is 2.16. The van der Waals surface area contributed by atoms with Crippen molar-refractivity contribution in [3.05, 3.63) is 40.6 Å². The Labute approximate surface area is 113 Å². The van der Waals surface area contributed by atoms with Crippen molar-refractivity contribution in [2.75, 3.05) is 17.3 Å². The predicted molar refractivity (Wildman–Crippen MR) is 74.6 cm³/mol. The molecular weight excluding hydrogens is 266 g/mol. The maximum Gasteiger partial charge on any atom is 0.329 e. The number of nitrogens with one attached hydrogen (secondary N) is 1. The quantitative estimate of drug-likeness (QED) is 0.502. The van der Waals surface area contributed by atoms with Crippen molar-refractivity contribution >= 4 is 34.9 Å². The standard InChI is InChI=1S/C11H11N5O2S/c1-19-8-4-2-3-7(5-8)14-10-9(16(17)18)6-13-11(12)15-10/h2-6H,1H3,(H3,12,13,14,15). The highest BCUT2D eigenvalue weighted by Crippen LogP contribution is 2.27. The van der Waals surface area contributed by atoms with E-state index in [0.717, 1.165) is 11.1 Å². The number of nitrogens with two attached hydrogens (primary N) is 1. The van der Waals surface area contributed by atoms with Crippen LogP contribution in [0, 0.1) is 10.1 Å². The molecule has 0 radical (unpaired) electrons. The Hall–Kier alpha value is -2.35. The van der Waals surface area contributed by atoms with E-state index >= 15 is 0 Å². The van der Waals surface area contributed by atoms with Crippen molar-refractivity contribution in [3.63, 3.8) is 0 Å². The van der Waals surface area contributed by atoms with Gasteiger partial charge in [-0.2, -0.15) is 4.98 Å². The maximum atomic E-state index is 10.9. The summed E-state index contributed by atoms with van der Waals surface area (Å²) in [7, 11) is 0. The van der Waals surface area contributed by atoms with Crippen LogP contribution < -0.4 is 11.1 Å². The number of rotatable bonds is 4. The van der Waals surface area contributed by atoms with Crippen LogP contribution in [-0.2, 0) is 0 Å². The van der Waals surface area contributed by atoms with Crippen molar-refractivity contribution in [2.45, 2.75) is 4.90 Å². The fourth-order valence-electron chi connectivity index (χ4n) is 1.45. The van der Waals surface area contributed by atoms with Crippen LogP contribution in [0.2, 0.25) is 0 Å². The summed E-state index contributed by atoms with van der Waals surface area (Å²) in [4.78, 5) is 18.8. The summed E-state index contributed by atoms with van der Waals surface area (Å²) < 4.78 is 0. The van der Waals surface area contributed by atoms with Crippen molar-refractivity contribution in [1.29, 1.82) is 0 Å². The Morgan fingerprint density at radius 1 is 1.47 bits per heavy atom. The molecule has 8 heteroatoms. The van der Waals surface area contributed by atoms with E-state index in [-0.39, 0.29) is 17.5 Å². The first kappa shape index (κ1) is 13.1. The van der Waals surface area contributed by atoms with Crippen LogP contribution in [0.15, 0.2) is 35.4 Å². The molecule has 0 aliphatic carbocycles. The first-order valence-corrected chi connectivity index (χ1v) is 6.50. The summed E-state index contributed by atoms with van der Waals surface area (Å²) >= 11 is 1.58. The Kier molecular flexibility index (Phi) is 3.81. The van der Waals surface area contributed by atoms with Gasteiger partial charge in [0.25, 0.3) is 0 Å². The molecule has 0 saturated carbocycles. The smallest absolute Gasteiger partial charge is 0.329 e. The molecule has 0 aliphatic heterocycles. The summed E-state index contributed by atoms with van der Waals surface area (Å²) in [5.74, 6) is 0.0601. The van der Waals surface area contributed by atoms with Crippen LogP contribution in [0.25, 0.3) is 0 Å². The number of benzene rings is 1. The third kappa shape index (κ3) is 3.10. The zero-order valence-corrected chi connectivity index (χ0v) is 10.8. The van der Waals surface area contributed by atoms with Gasteiger partial charge in [-0.25, -0.2) is 4.98 Å². The van der Waals surface area contributed by atoms with Gasteiger partial charge in [-0.1, -0.05) is 6.07 Å². The van der Waals surface area contributed by atoms with Crippen molar-refractivity contribution in [2.24, 2.45) is 0 Å². The Morgan fingerprint density at radius 2 is 2.26 bits per heavy atom. The minimum Gasteiger partial charge on any atom is -0.368 e. The molecular formula is C11H11N5O2S. The van der Waals surface area contributed by atoms with Crippen LogP contribution in [0.1, 0.15) is 0 Å². The molecule has 1 aromatic heterocycles. The van der Waals surface area contributed by atoms with Crippen LogP contribution in [0.4, 0.5) is 23.1 Å². The van der Waals surface area contributed by atoms with Crippen molar-refractivity contribution in [3.8, 4) is 0 Å². The van der Waals surface area contributed by atoms with E-state index in [4.69, 9.17) is 5.73 Å². The normalized spacial score (nSPS) is 10.2. The van der Waals surface area contributed by atoms with E-state index in [9.17, 15) is 10.1 Å². The molecule has 0 amide bonds. The van der Waals surface area contributed by atoms with E-state index in [2.05, 4.69) is 15.3 Å². The zero-order valence-electron chi connectivity index (χ0n) is 10.0.